The maximum Gasteiger partial charge on any atom is 0.415 e. The number of β-amino-alcohol motifs (C(OH)–C–C–N with tert-alkyl or cyclic N) is 1. The van der Waals surface area contributed by atoms with Crippen LogP contribution in [0.2, 0.25) is 0 Å². The molecule has 0 aromatic heterocycles. The van der Waals surface area contributed by atoms with Crippen molar-refractivity contribution in [3.05, 3.63) is 76.4 Å². The Morgan fingerprint density at radius 1 is 1.18 bits per heavy atom. The Morgan fingerprint density at radius 3 is 2.39 bits per heavy atom. The van der Waals surface area contributed by atoms with Gasteiger partial charge in [0.2, 0.25) is 22.3 Å². The van der Waals surface area contributed by atoms with Gasteiger partial charge in [0.25, 0.3) is 0 Å². The van der Waals surface area contributed by atoms with E-state index in [1.165, 1.54) is 12.1 Å². The second kappa shape index (κ2) is 9.00. The van der Waals surface area contributed by atoms with Crippen LogP contribution in [0.5, 0.6) is 5.75 Å². The number of alkyl halides is 3. The molecule has 33 heavy (non-hydrogen) atoms. The highest BCUT2D eigenvalue weighted by Crippen LogP contribution is 2.38. The summed E-state index contributed by atoms with van der Waals surface area (Å²) in [5.41, 5.74) is -3.15. The van der Waals surface area contributed by atoms with Gasteiger partial charge in [0.05, 0.1) is 24.6 Å². The number of halogens is 3. The summed E-state index contributed by atoms with van der Waals surface area (Å²) in [7, 11) is -4.50. The summed E-state index contributed by atoms with van der Waals surface area (Å²) in [6.07, 6.45) is -5.95. The van der Waals surface area contributed by atoms with Crippen LogP contribution in [0.25, 0.3) is 9.69 Å². The van der Waals surface area contributed by atoms with Crippen molar-refractivity contribution in [3.8, 4) is 5.75 Å². The molecule has 3 rings (SSSR count). The third kappa shape index (κ3) is 4.94. The van der Waals surface area contributed by atoms with Gasteiger partial charge in [0, 0.05) is 17.7 Å². The van der Waals surface area contributed by atoms with Gasteiger partial charge in [-0.15, -0.1) is 0 Å². The summed E-state index contributed by atoms with van der Waals surface area (Å²) in [4.78, 5) is 5.54. The second-order valence-electron chi connectivity index (χ2n) is 7.42. The lowest BCUT2D eigenvalue weighted by molar-refractivity contribution is -0.137. The first kappa shape index (κ1) is 24.5. The Labute approximate surface area is 188 Å². The Bertz CT molecular complexity index is 1220. The van der Waals surface area contributed by atoms with Crippen LogP contribution in [0, 0.1) is 13.1 Å². The van der Waals surface area contributed by atoms with Crippen LogP contribution in [0.3, 0.4) is 0 Å². The molecular formula is C21H18F3N3O5S. The van der Waals surface area contributed by atoms with Crippen LogP contribution in [-0.2, 0) is 22.7 Å². The minimum Gasteiger partial charge on any atom is -0.486 e. The van der Waals surface area contributed by atoms with Gasteiger partial charge >= 0.3 is 6.18 Å². The maximum absolute atomic E-state index is 13.1. The lowest BCUT2D eigenvalue weighted by Gasteiger charge is -2.27. The molecule has 8 nitrogen and oxygen atoms in total. The molecule has 0 aliphatic carbocycles. The Morgan fingerprint density at radius 2 is 1.85 bits per heavy atom. The van der Waals surface area contributed by atoms with Crippen LogP contribution >= 0.6 is 0 Å². The first-order chi connectivity index (χ1) is 15.4. The third-order valence-corrected chi connectivity index (χ3v) is 7.04. The number of sulfonamides is 1. The van der Waals surface area contributed by atoms with E-state index in [0.29, 0.717) is 18.2 Å². The normalized spacial score (nSPS) is 21.4. The molecule has 0 amide bonds. The average Bonchev–Trinajstić information content (AvgIpc) is 3.11. The quantitative estimate of drug-likeness (QED) is 0.619. The number of rotatable bonds is 6. The van der Waals surface area contributed by atoms with E-state index in [1.54, 1.807) is 12.1 Å². The third-order valence-electron chi connectivity index (χ3n) is 5.18. The van der Waals surface area contributed by atoms with E-state index in [2.05, 4.69) is 9.69 Å². The van der Waals surface area contributed by atoms with Gasteiger partial charge in [-0.05, 0) is 30.3 Å². The summed E-state index contributed by atoms with van der Waals surface area (Å²) in [5, 5.41) is 20.5. The lowest BCUT2D eigenvalue weighted by Crippen LogP contribution is -2.48. The van der Waals surface area contributed by atoms with Crippen LogP contribution in [0.4, 0.5) is 18.9 Å². The second-order valence-corrected chi connectivity index (χ2v) is 9.32. The molecule has 2 aromatic rings. The van der Waals surface area contributed by atoms with Crippen LogP contribution in [0.15, 0.2) is 47.4 Å². The van der Waals surface area contributed by atoms with E-state index in [9.17, 15) is 31.8 Å². The Kier molecular flexibility index (Phi) is 6.68. The van der Waals surface area contributed by atoms with Gasteiger partial charge in [0.15, 0.2) is 0 Å². The van der Waals surface area contributed by atoms with E-state index >= 15 is 0 Å². The van der Waals surface area contributed by atoms with Crippen LogP contribution < -0.4 is 4.74 Å². The van der Waals surface area contributed by atoms with E-state index in [4.69, 9.17) is 17.9 Å². The molecule has 1 saturated heterocycles. The fourth-order valence-corrected chi connectivity index (χ4v) is 4.99. The Balaban J connectivity index is 1.89. The summed E-state index contributed by atoms with van der Waals surface area (Å²) >= 11 is 0. The van der Waals surface area contributed by atoms with E-state index < -0.39 is 63.7 Å². The first-order valence-corrected chi connectivity index (χ1v) is 10.9. The number of ether oxygens (including phenoxy) is 1. The largest absolute Gasteiger partial charge is 0.486 e. The van der Waals surface area contributed by atoms with Crippen molar-refractivity contribution in [2.24, 2.45) is 0 Å². The smallest absolute Gasteiger partial charge is 0.415 e. The van der Waals surface area contributed by atoms with Crippen molar-refractivity contribution >= 4 is 15.7 Å². The zero-order chi connectivity index (χ0) is 24.4. The van der Waals surface area contributed by atoms with Crippen LogP contribution in [0.1, 0.15) is 11.1 Å². The molecule has 1 aliphatic heterocycles. The van der Waals surface area contributed by atoms with Gasteiger partial charge in [-0.1, -0.05) is 12.1 Å². The minimum absolute atomic E-state index is 0.160. The number of nitrogens with zero attached hydrogens (tertiary/aromatic N) is 3. The van der Waals surface area contributed by atoms with Crippen molar-refractivity contribution in [1.82, 2.24) is 4.31 Å². The van der Waals surface area contributed by atoms with Crippen molar-refractivity contribution in [1.29, 1.82) is 0 Å². The van der Waals surface area contributed by atoms with Crippen molar-refractivity contribution in [2.75, 3.05) is 19.7 Å². The molecule has 12 heteroatoms. The molecular weight excluding hydrogens is 463 g/mol. The first-order valence-electron chi connectivity index (χ1n) is 9.45. The fraction of sp³-hybridized carbons (Fsp3) is 0.333. The van der Waals surface area contributed by atoms with Crippen molar-refractivity contribution in [3.63, 3.8) is 0 Å². The van der Waals surface area contributed by atoms with Crippen molar-refractivity contribution in [2.45, 2.75) is 29.3 Å². The number of hydrogen-bond acceptors (Lipinski definition) is 5. The summed E-state index contributed by atoms with van der Waals surface area (Å²) in [5.74, 6) is 0.260. The van der Waals surface area contributed by atoms with Gasteiger partial charge in [-0.2, -0.15) is 17.5 Å². The molecule has 1 fully saturated rings. The van der Waals surface area contributed by atoms with Gasteiger partial charge in [-0.25, -0.2) is 19.8 Å². The standard InChI is InChI=1S/C21H18F3N3O5S/c1-25-10-14-3-6-16(7-4-14)32-19-11-27(12-20(19,29)13-28)33(30,31)18-8-5-15(21(22,23)24)9-17(18)26-2/h3-9,19,28-29H,10-13H2/t19-,20+/m0/s1. The summed E-state index contributed by atoms with van der Waals surface area (Å²) in [6, 6.07) is 8.03. The highest BCUT2D eigenvalue weighted by Gasteiger charge is 2.51. The molecule has 0 unspecified atom stereocenters. The molecule has 174 valence electrons. The predicted molar refractivity (Wildman–Crippen MR) is 110 cm³/mol. The SMILES string of the molecule is [C-]#[N+]Cc1ccc(O[C@H]2CN(S(=O)(=O)c3ccc(C(F)(F)F)cc3[N+]#[C-])C[C@@]2(O)CO)cc1. The number of aliphatic hydroxyl groups is 2. The van der Waals surface area contributed by atoms with E-state index in [-0.39, 0.29) is 12.3 Å². The monoisotopic (exact) mass is 481 g/mol. The van der Waals surface area contributed by atoms with E-state index in [1.807, 2.05) is 0 Å². The molecule has 0 spiro atoms. The molecule has 2 aromatic carbocycles. The highest BCUT2D eigenvalue weighted by atomic mass is 32.2. The maximum atomic E-state index is 13.1. The van der Waals surface area contributed by atoms with Gasteiger partial charge < -0.3 is 19.8 Å². The lowest BCUT2D eigenvalue weighted by atomic mass is 10.0. The van der Waals surface area contributed by atoms with Crippen LogP contribution in [-0.4, -0.2) is 54.3 Å². The van der Waals surface area contributed by atoms with E-state index in [0.717, 1.165) is 9.87 Å². The topological polar surface area (TPSA) is 95.8 Å². The average molecular weight is 481 g/mol. The highest BCUT2D eigenvalue weighted by molar-refractivity contribution is 7.89. The van der Waals surface area contributed by atoms with Crippen molar-refractivity contribution < 1.29 is 36.5 Å². The zero-order valence-corrected chi connectivity index (χ0v) is 17.8. The summed E-state index contributed by atoms with van der Waals surface area (Å²) < 4.78 is 71.6. The molecule has 0 saturated carbocycles. The van der Waals surface area contributed by atoms with Gasteiger partial charge in [-0.3, -0.25) is 0 Å². The number of hydrogen-bond donors (Lipinski definition) is 2. The molecule has 0 bridgehead atoms. The number of aliphatic hydroxyl groups excluding tert-OH is 1. The van der Waals surface area contributed by atoms with Gasteiger partial charge in [0.1, 0.15) is 17.5 Å². The Hall–Kier alpha value is -3.16. The number of benzene rings is 2. The molecule has 2 N–H and O–H groups in total. The predicted octanol–water partition coefficient (Wildman–Crippen LogP) is 2.85. The molecule has 0 radical (unpaired) electrons. The fourth-order valence-electron chi connectivity index (χ4n) is 3.38. The summed E-state index contributed by atoms with van der Waals surface area (Å²) in [6.45, 7) is 12.3. The molecule has 1 aliphatic rings. The molecule has 2 atom stereocenters. The minimum atomic E-state index is -4.75. The molecule has 1 heterocycles. The zero-order valence-electron chi connectivity index (χ0n) is 17.0.